The predicted molar refractivity (Wildman–Crippen MR) is 254 cm³/mol. The van der Waals surface area contributed by atoms with Gasteiger partial charge in [-0.05, 0) is 36.5 Å². The number of para-hydroxylation sites is 1. The summed E-state index contributed by atoms with van der Waals surface area (Å²) in [6.07, 6.45) is 28.5. The molecule has 0 atom stereocenters. The number of nitrogens with zero attached hydrogens (tertiary/aromatic N) is 4. The number of fused-ring (bicyclic) bond motifs is 3. The van der Waals surface area contributed by atoms with Crippen molar-refractivity contribution >= 4 is 39.7 Å². The quantitative estimate of drug-likeness (QED) is 0.0360. The molecule has 2 aromatic carbocycles. The van der Waals surface area contributed by atoms with Gasteiger partial charge in [0.15, 0.2) is 5.82 Å². The summed E-state index contributed by atoms with van der Waals surface area (Å²) in [5, 5.41) is 1.05. The van der Waals surface area contributed by atoms with Gasteiger partial charge in [0.25, 0.3) is 0 Å². The zero-order valence-corrected chi connectivity index (χ0v) is 38.5. The molecule has 0 fully saturated rings. The van der Waals surface area contributed by atoms with E-state index in [1.54, 1.807) is 0 Å². The van der Waals surface area contributed by atoms with Crippen LogP contribution in [0.1, 0.15) is 192 Å². The van der Waals surface area contributed by atoms with Crippen LogP contribution in [0, 0.1) is 0 Å². The van der Waals surface area contributed by atoms with E-state index in [2.05, 4.69) is 65.6 Å². The lowest BCUT2D eigenvalue weighted by atomic mass is 10.1. The van der Waals surface area contributed by atoms with Gasteiger partial charge >= 0.3 is 11.9 Å². The zero-order chi connectivity index (χ0) is 43.3. The van der Waals surface area contributed by atoms with Crippen LogP contribution >= 0.6 is 0 Å². The number of hydrogen-bond acceptors (Lipinski definition) is 8. The molecule has 0 aliphatic carbocycles. The summed E-state index contributed by atoms with van der Waals surface area (Å²) < 4.78 is 13.6. The van der Waals surface area contributed by atoms with E-state index >= 15 is 0 Å². The van der Waals surface area contributed by atoms with Gasteiger partial charge in [-0.3, -0.25) is 14.5 Å². The van der Waals surface area contributed by atoms with Crippen molar-refractivity contribution in [3.8, 4) is 0 Å². The predicted octanol–water partition coefficient (Wildman–Crippen LogP) is 13.1. The summed E-state index contributed by atoms with van der Waals surface area (Å²) in [6, 6.07) is 16.8. The molecule has 0 saturated carbocycles. The number of nitrogens with two attached hydrogens (primary N) is 1. The van der Waals surface area contributed by atoms with E-state index in [0.717, 1.165) is 83.8 Å². The van der Waals surface area contributed by atoms with Crippen molar-refractivity contribution in [1.82, 2.24) is 19.4 Å². The fourth-order valence-corrected chi connectivity index (χ4v) is 8.26. The van der Waals surface area contributed by atoms with Crippen LogP contribution in [0.2, 0.25) is 0 Å². The Morgan fingerprint density at radius 2 is 1.07 bits per heavy atom. The summed E-state index contributed by atoms with van der Waals surface area (Å²) >= 11 is 0. The number of imidazole rings is 1. The van der Waals surface area contributed by atoms with Crippen LogP contribution in [0.5, 0.6) is 0 Å². The number of aryl methyl sites for hydroxylation is 1. The number of ether oxygens (including phenoxy) is 2. The number of rotatable bonds is 35. The third kappa shape index (κ3) is 18.9. The monoisotopic (exact) mass is 840 g/mol. The maximum absolute atomic E-state index is 12.9. The lowest BCUT2D eigenvalue weighted by Gasteiger charge is -2.22. The van der Waals surface area contributed by atoms with E-state index in [9.17, 15) is 9.59 Å². The fraction of sp³-hybridized carbons (Fsp3) is 0.654. The molecule has 4 rings (SSSR count). The number of benzene rings is 2. The lowest BCUT2D eigenvalue weighted by molar-refractivity contribution is -0.144. The Morgan fingerprint density at radius 3 is 1.59 bits per heavy atom. The second kappa shape index (κ2) is 30.1. The molecular weight excluding hydrogens is 759 g/mol. The van der Waals surface area contributed by atoms with Gasteiger partial charge in [0.05, 0.1) is 37.1 Å². The minimum atomic E-state index is -0.172. The largest absolute Gasteiger partial charge is 0.466 e. The van der Waals surface area contributed by atoms with Gasteiger partial charge in [0.2, 0.25) is 0 Å². The topological polar surface area (TPSA) is 113 Å². The molecule has 0 saturated heterocycles. The number of hydrogen-bond donors (Lipinski definition) is 1. The Morgan fingerprint density at radius 1 is 0.590 bits per heavy atom. The van der Waals surface area contributed by atoms with E-state index in [4.69, 9.17) is 20.2 Å². The maximum Gasteiger partial charge on any atom is 0.307 e. The molecule has 0 amide bonds. The van der Waals surface area contributed by atoms with Crippen LogP contribution in [-0.4, -0.2) is 57.7 Å². The first kappa shape index (κ1) is 49.7. The van der Waals surface area contributed by atoms with Crippen molar-refractivity contribution in [3.05, 3.63) is 65.5 Å². The molecule has 0 aliphatic rings. The summed E-state index contributed by atoms with van der Waals surface area (Å²) in [5.74, 6) is 1.15. The fourth-order valence-electron chi connectivity index (χ4n) is 8.26. The SMILES string of the molecule is CCCCCCCCCCCCOC(=O)CCN(CCC(=O)OCCCCCCCCCCCC)Cc1ccc(Cn2c(CCCC)nc3c(N)nc4ccccc4c32)cc1. The molecule has 2 heterocycles. The minimum Gasteiger partial charge on any atom is -0.466 e. The normalized spacial score (nSPS) is 11.6. The molecule has 0 radical (unpaired) electrons. The molecule has 9 nitrogen and oxygen atoms in total. The molecule has 61 heavy (non-hydrogen) atoms. The van der Waals surface area contributed by atoms with Gasteiger partial charge in [0, 0.05) is 38.0 Å². The van der Waals surface area contributed by atoms with Crippen LogP contribution < -0.4 is 5.73 Å². The van der Waals surface area contributed by atoms with Gasteiger partial charge in [-0.1, -0.05) is 185 Å². The Labute approximate surface area is 368 Å². The van der Waals surface area contributed by atoms with Crippen LogP contribution in [0.15, 0.2) is 48.5 Å². The molecule has 4 aromatic rings. The molecule has 9 heteroatoms. The standard InChI is InChI=1S/C52H81N5O4/c1-4-7-10-12-14-16-18-20-22-26-39-60-48(58)35-37-56(38-36-49(59)61-40-27-23-21-19-17-15-13-11-8-5-2)41-43-31-33-44(34-32-43)42-57-47(30-9-6-3)55-50-51(57)45-28-24-25-29-46(45)54-52(50)53/h24-25,28-29,31-34H,4-23,26-27,30,35-42H2,1-3H3,(H2,53,54). The van der Waals surface area contributed by atoms with E-state index in [1.807, 2.05) is 18.2 Å². The van der Waals surface area contributed by atoms with Gasteiger partial charge in [-0.25, -0.2) is 9.97 Å². The molecule has 0 unspecified atom stereocenters. The first-order chi connectivity index (χ1) is 29.9. The Hall–Kier alpha value is -3.98. The van der Waals surface area contributed by atoms with E-state index < -0.39 is 0 Å². The van der Waals surface area contributed by atoms with Crippen LogP contribution in [0.3, 0.4) is 0 Å². The molecule has 0 bridgehead atoms. The lowest BCUT2D eigenvalue weighted by Crippen LogP contribution is -2.29. The Bertz CT molecular complexity index is 1760. The smallest absolute Gasteiger partial charge is 0.307 e. The van der Waals surface area contributed by atoms with Crippen LogP contribution in [0.25, 0.3) is 21.9 Å². The molecule has 2 aromatic heterocycles. The number of carbonyl (C=O) groups excluding carboxylic acids is 2. The summed E-state index contributed by atoms with van der Waals surface area (Å²) in [7, 11) is 0. The summed E-state index contributed by atoms with van der Waals surface area (Å²) in [5.41, 5.74) is 11.4. The van der Waals surface area contributed by atoms with Crippen molar-refractivity contribution in [3.63, 3.8) is 0 Å². The van der Waals surface area contributed by atoms with E-state index in [1.165, 1.54) is 103 Å². The minimum absolute atomic E-state index is 0.172. The van der Waals surface area contributed by atoms with E-state index in [0.29, 0.717) is 58.1 Å². The highest BCUT2D eigenvalue weighted by atomic mass is 16.5. The van der Waals surface area contributed by atoms with E-state index in [-0.39, 0.29) is 11.9 Å². The van der Waals surface area contributed by atoms with Crippen molar-refractivity contribution in [2.24, 2.45) is 0 Å². The van der Waals surface area contributed by atoms with Crippen LogP contribution in [0.4, 0.5) is 5.82 Å². The van der Waals surface area contributed by atoms with Crippen molar-refractivity contribution in [1.29, 1.82) is 0 Å². The first-order valence-electron chi connectivity index (χ1n) is 24.6. The number of pyridine rings is 1. The highest BCUT2D eigenvalue weighted by molar-refractivity contribution is 6.06. The highest BCUT2D eigenvalue weighted by Crippen LogP contribution is 2.30. The molecule has 0 aliphatic heterocycles. The average molecular weight is 840 g/mol. The number of esters is 2. The first-order valence-corrected chi connectivity index (χ1v) is 24.6. The Balaban J connectivity index is 1.30. The van der Waals surface area contributed by atoms with Gasteiger partial charge in [-0.2, -0.15) is 0 Å². The molecular formula is C52H81N5O4. The second-order valence-electron chi connectivity index (χ2n) is 17.3. The third-order valence-corrected chi connectivity index (χ3v) is 12.0. The number of unbranched alkanes of at least 4 members (excludes halogenated alkanes) is 19. The van der Waals surface area contributed by atoms with Gasteiger partial charge in [-0.15, -0.1) is 0 Å². The third-order valence-electron chi connectivity index (χ3n) is 12.0. The van der Waals surface area contributed by atoms with Crippen molar-refractivity contribution < 1.29 is 19.1 Å². The maximum atomic E-state index is 12.9. The molecule has 338 valence electrons. The van der Waals surface area contributed by atoms with Crippen LogP contribution in [-0.2, 0) is 38.6 Å². The zero-order valence-electron chi connectivity index (χ0n) is 38.5. The highest BCUT2D eigenvalue weighted by Gasteiger charge is 2.18. The Kier molecular flexibility index (Phi) is 24.5. The van der Waals surface area contributed by atoms with Crippen molar-refractivity contribution in [2.45, 2.75) is 194 Å². The number of aromatic nitrogens is 3. The summed E-state index contributed by atoms with van der Waals surface area (Å²) in [4.78, 5) is 37.6. The van der Waals surface area contributed by atoms with Gasteiger partial charge < -0.3 is 19.8 Å². The number of carbonyl (C=O) groups is 2. The second-order valence-corrected chi connectivity index (χ2v) is 17.3. The molecule has 2 N–H and O–H groups in total. The number of anilines is 1. The van der Waals surface area contributed by atoms with Crippen molar-refractivity contribution in [2.75, 3.05) is 32.0 Å². The molecule has 0 spiro atoms. The average Bonchev–Trinajstić information content (AvgIpc) is 3.63. The van der Waals surface area contributed by atoms with Gasteiger partial charge in [0.1, 0.15) is 11.3 Å². The summed E-state index contributed by atoms with van der Waals surface area (Å²) in [6.45, 7) is 10.0. The number of nitrogen functional groups attached to an aromatic ring is 1.